The molecule has 2 fully saturated rings. The molecule has 0 saturated carbocycles. The van der Waals surface area contributed by atoms with Gasteiger partial charge in [0.1, 0.15) is 18.4 Å². The molecule has 8 nitrogen and oxygen atoms in total. The third-order valence-electron chi connectivity index (χ3n) is 5.08. The Labute approximate surface area is 145 Å². The molecule has 1 atom stereocenters. The standard InChI is InChI=1S/C17H21N5O3/c23-16-8-13(9-21(16)10-15-2-1-7-25-15)17(24)20-5-3-14(4-6-20)22-12-18-11-19-22/h1-2,7,11-14H,3-6,8-10H2/t13-/m1/s1. The molecule has 2 saturated heterocycles. The van der Waals surface area contributed by atoms with Crippen LogP contribution in [0.4, 0.5) is 0 Å². The first kappa shape index (κ1) is 15.9. The highest BCUT2D eigenvalue weighted by Crippen LogP contribution is 2.26. The molecule has 25 heavy (non-hydrogen) atoms. The first-order chi connectivity index (χ1) is 12.2. The summed E-state index contributed by atoms with van der Waals surface area (Å²) in [6.45, 7) is 2.31. The maximum Gasteiger partial charge on any atom is 0.227 e. The number of amides is 2. The Morgan fingerprint density at radius 3 is 2.84 bits per heavy atom. The van der Waals surface area contributed by atoms with Gasteiger partial charge in [-0.3, -0.25) is 9.59 Å². The molecule has 0 unspecified atom stereocenters. The van der Waals surface area contributed by atoms with Crippen molar-refractivity contribution >= 4 is 11.8 Å². The van der Waals surface area contributed by atoms with Gasteiger partial charge >= 0.3 is 0 Å². The van der Waals surface area contributed by atoms with E-state index in [0.717, 1.165) is 18.6 Å². The van der Waals surface area contributed by atoms with Crippen LogP contribution in [0.2, 0.25) is 0 Å². The summed E-state index contributed by atoms with van der Waals surface area (Å²) in [7, 11) is 0. The zero-order chi connectivity index (χ0) is 17.2. The number of hydrogen-bond donors (Lipinski definition) is 0. The van der Waals surface area contributed by atoms with Crippen LogP contribution < -0.4 is 0 Å². The SMILES string of the molecule is O=C1C[C@@H](C(=O)N2CCC(n3cncn3)CC2)CN1Cc1ccco1. The average Bonchev–Trinajstić information content (AvgIpc) is 3.38. The summed E-state index contributed by atoms with van der Waals surface area (Å²) in [6.07, 6.45) is 6.89. The zero-order valence-electron chi connectivity index (χ0n) is 14.0. The average molecular weight is 343 g/mol. The van der Waals surface area contributed by atoms with E-state index in [4.69, 9.17) is 4.42 Å². The fourth-order valence-electron chi connectivity index (χ4n) is 3.70. The number of carbonyl (C=O) groups excluding carboxylic acids is 2. The molecule has 2 aromatic rings. The van der Waals surface area contributed by atoms with Gasteiger partial charge in [0, 0.05) is 26.1 Å². The lowest BCUT2D eigenvalue weighted by Gasteiger charge is -2.33. The molecule has 2 aliphatic rings. The summed E-state index contributed by atoms with van der Waals surface area (Å²) in [5.74, 6) is 0.611. The van der Waals surface area contributed by atoms with Gasteiger partial charge in [0.2, 0.25) is 11.8 Å². The van der Waals surface area contributed by atoms with Gasteiger partial charge in [-0.05, 0) is 25.0 Å². The van der Waals surface area contributed by atoms with Gasteiger partial charge in [0.05, 0.1) is 24.8 Å². The highest BCUT2D eigenvalue weighted by Gasteiger charge is 2.37. The Morgan fingerprint density at radius 1 is 1.32 bits per heavy atom. The van der Waals surface area contributed by atoms with Crippen molar-refractivity contribution in [2.75, 3.05) is 19.6 Å². The lowest BCUT2D eigenvalue weighted by Crippen LogP contribution is -2.42. The Balaban J connectivity index is 1.32. The first-order valence-corrected chi connectivity index (χ1v) is 8.64. The molecule has 4 rings (SSSR count). The van der Waals surface area contributed by atoms with Crippen molar-refractivity contribution in [2.24, 2.45) is 5.92 Å². The molecule has 0 bridgehead atoms. The molecule has 0 aromatic carbocycles. The maximum atomic E-state index is 12.8. The molecule has 2 aromatic heterocycles. The fourth-order valence-corrected chi connectivity index (χ4v) is 3.70. The van der Waals surface area contributed by atoms with E-state index in [9.17, 15) is 9.59 Å². The van der Waals surface area contributed by atoms with E-state index in [2.05, 4.69) is 10.1 Å². The topological polar surface area (TPSA) is 84.5 Å². The molecule has 0 spiro atoms. The van der Waals surface area contributed by atoms with Crippen LogP contribution in [0, 0.1) is 5.92 Å². The van der Waals surface area contributed by atoms with Crippen LogP contribution in [-0.4, -0.2) is 56.0 Å². The lowest BCUT2D eigenvalue weighted by molar-refractivity contribution is -0.137. The first-order valence-electron chi connectivity index (χ1n) is 8.64. The Kier molecular flexibility index (Phi) is 4.25. The van der Waals surface area contributed by atoms with Crippen molar-refractivity contribution in [3.8, 4) is 0 Å². The van der Waals surface area contributed by atoms with Crippen LogP contribution in [0.5, 0.6) is 0 Å². The van der Waals surface area contributed by atoms with Crippen LogP contribution in [0.1, 0.15) is 31.1 Å². The molecule has 4 heterocycles. The number of hydrogen-bond acceptors (Lipinski definition) is 5. The van der Waals surface area contributed by atoms with Crippen LogP contribution in [0.3, 0.4) is 0 Å². The summed E-state index contributed by atoms with van der Waals surface area (Å²) >= 11 is 0. The quantitative estimate of drug-likeness (QED) is 0.829. The summed E-state index contributed by atoms with van der Waals surface area (Å²) < 4.78 is 7.17. The molecule has 2 aliphatic heterocycles. The van der Waals surface area contributed by atoms with E-state index in [1.165, 1.54) is 6.33 Å². The normalized spacial score (nSPS) is 21.9. The number of likely N-dealkylation sites (tertiary alicyclic amines) is 2. The second-order valence-electron chi connectivity index (χ2n) is 6.69. The minimum atomic E-state index is -0.245. The molecule has 0 aliphatic carbocycles. The predicted molar refractivity (Wildman–Crippen MR) is 87.1 cm³/mol. The molecular weight excluding hydrogens is 322 g/mol. The molecule has 132 valence electrons. The van der Waals surface area contributed by atoms with Crippen molar-refractivity contribution < 1.29 is 14.0 Å². The van der Waals surface area contributed by atoms with Crippen molar-refractivity contribution in [2.45, 2.75) is 31.8 Å². The smallest absolute Gasteiger partial charge is 0.227 e. The Hall–Kier alpha value is -2.64. The number of nitrogens with zero attached hydrogens (tertiary/aromatic N) is 5. The molecule has 0 N–H and O–H groups in total. The highest BCUT2D eigenvalue weighted by atomic mass is 16.3. The second kappa shape index (κ2) is 6.70. The van der Waals surface area contributed by atoms with Gasteiger partial charge in [-0.2, -0.15) is 5.10 Å². The summed E-state index contributed by atoms with van der Waals surface area (Å²) in [4.78, 5) is 32.6. The summed E-state index contributed by atoms with van der Waals surface area (Å²) in [6, 6.07) is 3.95. The zero-order valence-corrected chi connectivity index (χ0v) is 14.0. The Bertz CT molecular complexity index is 720. The van der Waals surface area contributed by atoms with Gasteiger partial charge in [0.15, 0.2) is 0 Å². The minimum Gasteiger partial charge on any atom is -0.467 e. The highest BCUT2D eigenvalue weighted by molar-refractivity contribution is 5.89. The molecular formula is C17H21N5O3. The van der Waals surface area contributed by atoms with Gasteiger partial charge in [-0.25, -0.2) is 9.67 Å². The van der Waals surface area contributed by atoms with Crippen molar-refractivity contribution in [3.05, 3.63) is 36.8 Å². The molecule has 2 amide bonds. The van der Waals surface area contributed by atoms with Crippen LogP contribution in [-0.2, 0) is 16.1 Å². The van der Waals surface area contributed by atoms with E-state index in [1.54, 1.807) is 23.6 Å². The molecule has 0 radical (unpaired) electrons. The van der Waals surface area contributed by atoms with Crippen LogP contribution >= 0.6 is 0 Å². The van der Waals surface area contributed by atoms with E-state index < -0.39 is 0 Å². The van der Waals surface area contributed by atoms with Crippen molar-refractivity contribution in [1.29, 1.82) is 0 Å². The number of carbonyl (C=O) groups is 2. The predicted octanol–water partition coefficient (Wildman–Crippen LogP) is 1.08. The summed E-state index contributed by atoms with van der Waals surface area (Å²) in [5.41, 5.74) is 0. The van der Waals surface area contributed by atoms with Crippen molar-refractivity contribution in [3.63, 3.8) is 0 Å². The monoisotopic (exact) mass is 343 g/mol. The lowest BCUT2D eigenvalue weighted by atomic mass is 10.0. The second-order valence-corrected chi connectivity index (χ2v) is 6.69. The maximum absolute atomic E-state index is 12.8. The van der Waals surface area contributed by atoms with Crippen molar-refractivity contribution in [1.82, 2.24) is 24.6 Å². The minimum absolute atomic E-state index is 0.0206. The largest absolute Gasteiger partial charge is 0.467 e. The van der Waals surface area contributed by atoms with Gasteiger partial charge < -0.3 is 14.2 Å². The van der Waals surface area contributed by atoms with E-state index in [1.807, 2.05) is 15.6 Å². The van der Waals surface area contributed by atoms with Crippen LogP contribution in [0.15, 0.2) is 35.5 Å². The summed E-state index contributed by atoms with van der Waals surface area (Å²) in [5, 5.41) is 4.18. The van der Waals surface area contributed by atoms with Gasteiger partial charge in [0.25, 0.3) is 0 Å². The number of aromatic nitrogens is 3. The van der Waals surface area contributed by atoms with E-state index in [-0.39, 0.29) is 17.7 Å². The van der Waals surface area contributed by atoms with E-state index in [0.29, 0.717) is 38.6 Å². The number of rotatable bonds is 4. The third-order valence-corrected chi connectivity index (χ3v) is 5.08. The number of furan rings is 1. The Morgan fingerprint density at radius 2 is 2.16 bits per heavy atom. The number of piperidine rings is 1. The van der Waals surface area contributed by atoms with Gasteiger partial charge in [-0.15, -0.1) is 0 Å². The third kappa shape index (κ3) is 3.29. The molecule has 8 heteroatoms. The van der Waals surface area contributed by atoms with Gasteiger partial charge in [-0.1, -0.05) is 0 Å². The van der Waals surface area contributed by atoms with E-state index >= 15 is 0 Å². The van der Waals surface area contributed by atoms with Crippen LogP contribution in [0.25, 0.3) is 0 Å². The fraction of sp³-hybridized carbons (Fsp3) is 0.529.